The lowest BCUT2D eigenvalue weighted by Gasteiger charge is -2.29. The number of anilines is 1. The summed E-state index contributed by atoms with van der Waals surface area (Å²) in [5.74, 6) is -2.45. The molecule has 4 heterocycles. The molecule has 5 aromatic rings. The molecule has 2 N–H and O–H groups in total. The number of aromatic hydroxyl groups is 1. The highest BCUT2D eigenvalue weighted by Gasteiger charge is 2.29. The fourth-order valence-corrected chi connectivity index (χ4v) is 4.83. The third kappa shape index (κ3) is 4.16. The molecule has 6 rings (SSSR count). The number of fused-ring (bicyclic) bond motifs is 2. The van der Waals surface area contributed by atoms with E-state index in [2.05, 4.69) is 30.3 Å². The number of ether oxygens (including phenoxy) is 1. The van der Waals surface area contributed by atoms with Gasteiger partial charge in [-0.25, -0.2) is 23.9 Å². The second-order valence-corrected chi connectivity index (χ2v) is 8.95. The Hall–Kier alpha value is -4.64. The Bertz CT molecular complexity index is 1670. The SMILES string of the molecule is CNC(=O)C(c1ccc2nccn2n1)c1cc(-c2ncnc3cc(N4CCOCC4)ccc23)c(F)cc1O. The van der Waals surface area contributed by atoms with Crippen LogP contribution in [-0.2, 0) is 9.53 Å². The zero-order chi connectivity index (χ0) is 26.2. The first kappa shape index (κ1) is 23.7. The van der Waals surface area contributed by atoms with E-state index in [1.54, 1.807) is 24.5 Å². The number of morpholine rings is 1. The topological polar surface area (TPSA) is 118 Å². The number of aromatic nitrogens is 5. The second-order valence-electron chi connectivity index (χ2n) is 8.95. The van der Waals surface area contributed by atoms with Crippen LogP contribution >= 0.6 is 0 Å². The van der Waals surface area contributed by atoms with Crippen LogP contribution in [0.2, 0.25) is 0 Å². The Morgan fingerprint density at radius 1 is 1.11 bits per heavy atom. The van der Waals surface area contributed by atoms with E-state index in [-0.39, 0.29) is 16.9 Å². The molecule has 11 heteroatoms. The predicted octanol–water partition coefficient (Wildman–Crippen LogP) is 2.90. The highest BCUT2D eigenvalue weighted by molar-refractivity contribution is 5.95. The minimum Gasteiger partial charge on any atom is -0.508 e. The van der Waals surface area contributed by atoms with Crippen LogP contribution in [0.1, 0.15) is 17.2 Å². The van der Waals surface area contributed by atoms with E-state index < -0.39 is 17.6 Å². The van der Waals surface area contributed by atoms with Gasteiger partial charge in [-0.2, -0.15) is 5.10 Å². The minimum absolute atomic E-state index is 0.141. The van der Waals surface area contributed by atoms with Crippen LogP contribution in [0.15, 0.2) is 61.2 Å². The molecule has 3 aromatic heterocycles. The van der Waals surface area contributed by atoms with E-state index in [0.29, 0.717) is 41.2 Å². The molecular formula is C27H24FN7O3. The number of nitrogens with zero attached hydrogens (tertiary/aromatic N) is 6. The number of rotatable bonds is 5. The number of amides is 1. The van der Waals surface area contributed by atoms with Gasteiger partial charge >= 0.3 is 0 Å². The summed E-state index contributed by atoms with van der Waals surface area (Å²) in [4.78, 5) is 28.2. The average molecular weight is 514 g/mol. The van der Waals surface area contributed by atoms with Gasteiger partial charge in [0.1, 0.15) is 23.8 Å². The lowest BCUT2D eigenvalue weighted by atomic mass is 9.90. The summed E-state index contributed by atoms with van der Waals surface area (Å²) in [7, 11) is 1.50. The highest BCUT2D eigenvalue weighted by atomic mass is 19.1. The van der Waals surface area contributed by atoms with Gasteiger partial charge in [-0.3, -0.25) is 4.79 Å². The summed E-state index contributed by atoms with van der Waals surface area (Å²) in [5.41, 5.74) is 3.33. The maximum Gasteiger partial charge on any atom is 0.233 e. The van der Waals surface area contributed by atoms with Gasteiger partial charge in [0.05, 0.1) is 30.1 Å². The number of likely N-dealkylation sites (N-methyl/N-ethyl adjacent to an activating group) is 1. The van der Waals surface area contributed by atoms with Crippen LogP contribution in [0.4, 0.5) is 10.1 Å². The third-order valence-electron chi connectivity index (χ3n) is 6.76. The first-order valence-corrected chi connectivity index (χ1v) is 12.2. The summed E-state index contributed by atoms with van der Waals surface area (Å²) in [6.07, 6.45) is 4.64. The van der Waals surface area contributed by atoms with Gasteiger partial charge in [0.2, 0.25) is 5.91 Å². The van der Waals surface area contributed by atoms with E-state index in [0.717, 1.165) is 24.8 Å². The number of imidazole rings is 1. The Morgan fingerprint density at radius 3 is 2.76 bits per heavy atom. The first-order chi connectivity index (χ1) is 18.5. The zero-order valence-electron chi connectivity index (χ0n) is 20.5. The van der Waals surface area contributed by atoms with Gasteiger partial charge < -0.3 is 20.1 Å². The molecule has 1 unspecified atom stereocenters. The fourth-order valence-electron chi connectivity index (χ4n) is 4.83. The molecule has 0 bridgehead atoms. The van der Waals surface area contributed by atoms with Crippen molar-refractivity contribution < 1.29 is 19.0 Å². The van der Waals surface area contributed by atoms with Crippen molar-refractivity contribution in [2.24, 2.45) is 0 Å². The Labute approximate surface area is 216 Å². The standard InChI is InChI=1S/C27H24FN7O3/c1-29-27(37)25(21-4-5-24-30-6-7-35(24)33-21)19-13-18(20(28)14-23(19)36)26-17-3-2-16(12-22(17)31-15-32-26)34-8-10-38-11-9-34/h2-7,12-15,25,36H,8-11H2,1H3,(H,29,37). The number of halogens is 1. The molecular weight excluding hydrogens is 489 g/mol. The number of nitrogens with one attached hydrogen (secondary N) is 1. The summed E-state index contributed by atoms with van der Waals surface area (Å²) in [5, 5.41) is 18.6. The molecule has 1 fully saturated rings. The first-order valence-electron chi connectivity index (χ1n) is 12.2. The quantitative estimate of drug-likeness (QED) is 0.368. The van der Waals surface area contributed by atoms with Crippen LogP contribution < -0.4 is 10.2 Å². The number of hydrogen-bond donors (Lipinski definition) is 2. The summed E-state index contributed by atoms with van der Waals surface area (Å²) in [6, 6.07) is 11.6. The summed E-state index contributed by atoms with van der Waals surface area (Å²) >= 11 is 0. The second kappa shape index (κ2) is 9.67. The maximum atomic E-state index is 15.4. The number of carbonyl (C=O) groups excluding carboxylic acids is 1. The van der Waals surface area contributed by atoms with Gasteiger partial charge in [-0.1, -0.05) is 0 Å². The van der Waals surface area contributed by atoms with Crippen molar-refractivity contribution in [2.75, 3.05) is 38.3 Å². The van der Waals surface area contributed by atoms with Crippen molar-refractivity contribution in [3.8, 4) is 17.0 Å². The van der Waals surface area contributed by atoms with Crippen LogP contribution in [0.5, 0.6) is 5.75 Å². The average Bonchev–Trinajstić information content (AvgIpc) is 3.42. The summed E-state index contributed by atoms with van der Waals surface area (Å²) in [6.45, 7) is 2.87. The number of hydrogen-bond acceptors (Lipinski definition) is 8. The van der Waals surface area contributed by atoms with Crippen LogP contribution in [-0.4, -0.2) is 68.9 Å². The smallest absolute Gasteiger partial charge is 0.233 e. The van der Waals surface area contributed by atoms with Gasteiger partial charge in [0.25, 0.3) is 0 Å². The molecule has 0 radical (unpaired) electrons. The largest absolute Gasteiger partial charge is 0.508 e. The molecule has 1 saturated heterocycles. The molecule has 2 aromatic carbocycles. The molecule has 38 heavy (non-hydrogen) atoms. The molecule has 0 spiro atoms. The highest BCUT2D eigenvalue weighted by Crippen LogP contribution is 2.38. The number of phenols is 1. The fraction of sp³-hybridized carbons (Fsp3) is 0.222. The Kier molecular flexibility index (Phi) is 6.04. The van der Waals surface area contributed by atoms with Gasteiger partial charge in [0, 0.05) is 60.8 Å². The van der Waals surface area contributed by atoms with Crippen molar-refractivity contribution in [3.63, 3.8) is 0 Å². The van der Waals surface area contributed by atoms with Crippen molar-refractivity contribution in [1.29, 1.82) is 0 Å². The lowest BCUT2D eigenvalue weighted by molar-refractivity contribution is -0.121. The molecule has 1 aliphatic heterocycles. The molecule has 0 aliphatic carbocycles. The van der Waals surface area contributed by atoms with Crippen molar-refractivity contribution in [1.82, 2.24) is 29.9 Å². The molecule has 1 amide bonds. The predicted molar refractivity (Wildman–Crippen MR) is 139 cm³/mol. The van der Waals surface area contributed by atoms with E-state index in [1.165, 1.54) is 24.0 Å². The number of phenolic OH excluding ortho intramolecular Hbond substituents is 1. The molecule has 192 valence electrons. The van der Waals surface area contributed by atoms with E-state index in [9.17, 15) is 9.90 Å². The molecule has 1 aliphatic rings. The van der Waals surface area contributed by atoms with E-state index in [4.69, 9.17) is 4.74 Å². The normalized spacial score (nSPS) is 14.6. The maximum absolute atomic E-state index is 15.4. The van der Waals surface area contributed by atoms with Crippen LogP contribution in [0, 0.1) is 5.82 Å². The Morgan fingerprint density at radius 2 is 1.95 bits per heavy atom. The monoisotopic (exact) mass is 513 g/mol. The van der Waals surface area contributed by atoms with E-state index in [1.807, 2.05) is 18.2 Å². The Balaban J connectivity index is 1.47. The van der Waals surface area contributed by atoms with E-state index >= 15 is 4.39 Å². The number of carbonyl (C=O) groups is 1. The minimum atomic E-state index is -1.01. The van der Waals surface area contributed by atoms with Crippen molar-refractivity contribution in [3.05, 3.63) is 78.3 Å². The van der Waals surface area contributed by atoms with Crippen LogP contribution in [0.3, 0.4) is 0 Å². The zero-order valence-corrected chi connectivity index (χ0v) is 20.5. The van der Waals surface area contributed by atoms with Crippen molar-refractivity contribution >= 4 is 28.1 Å². The summed E-state index contributed by atoms with van der Waals surface area (Å²) < 4.78 is 22.3. The van der Waals surface area contributed by atoms with Gasteiger partial charge in [-0.15, -0.1) is 0 Å². The van der Waals surface area contributed by atoms with Gasteiger partial charge in [0.15, 0.2) is 5.65 Å². The third-order valence-corrected chi connectivity index (χ3v) is 6.76. The lowest BCUT2D eigenvalue weighted by Crippen LogP contribution is -2.36. The molecule has 1 atom stereocenters. The van der Waals surface area contributed by atoms with Crippen LogP contribution in [0.25, 0.3) is 27.8 Å². The molecule has 0 saturated carbocycles. The van der Waals surface area contributed by atoms with Crippen molar-refractivity contribution in [2.45, 2.75) is 5.92 Å². The van der Waals surface area contributed by atoms with Gasteiger partial charge in [-0.05, 0) is 36.4 Å². The molecule has 10 nitrogen and oxygen atoms in total. The number of benzene rings is 2.